The summed E-state index contributed by atoms with van der Waals surface area (Å²) in [6.07, 6.45) is 3.76. The molecule has 3 aliphatic heterocycles. The van der Waals surface area contributed by atoms with Crippen LogP contribution in [0.15, 0.2) is 0 Å². The highest BCUT2D eigenvalue weighted by molar-refractivity contribution is 5.78. The van der Waals surface area contributed by atoms with Crippen LogP contribution in [0.4, 0.5) is 0 Å². The molecule has 0 radical (unpaired) electrons. The molecule has 4 atom stereocenters. The van der Waals surface area contributed by atoms with Gasteiger partial charge in [0.25, 0.3) is 0 Å². The minimum absolute atomic E-state index is 0.354. The quantitative estimate of drug-likeness (QED) is 0.824. The molecular formula is C16H29N3O. The Hall–Kier alpha value is -0.610. The maximum absolute atomic E-state index is 12.5. The van der Waals surface area contributed by atoms with Gasteiger partial charge < -0.3 is 10.2 Å². The van der Waals surface area contributed by atoms with Crippen LogP contribution in [-0.4, -0.2) is 61.0 Å². The zero-order chi connectivity index (χ0) is 14.1. The predicted octanol–water partition coefficient (Wildman–Crippen LogP) is 1.17. The molecule has 4 nitrogen and oxygen atoms in total. The molecule has 0 aromatic carbocycles. The topological polar surface area (TPSA) is 35.6 Å². The number of nitrogens with zero attached hydrogens (tertiary/aromatic N) is 2. The van der Waals surface area contributed by atoms with Gasteiger partial charge in [-0.15, -0.1) is 0 Å². The standard InChI is InChI=1S/C16H29N3O/c1-12-7-13(2)9-19(8-12)16(20)11-18-6-4-15-14(10-18)3-5-17-15/h12-15,17H,3-11H2,1-2H3. The molecule has 0 bridgehead atoms. The van der Waals surface area contributed by atoms with E-state index in [1.807, 2.05) is 0 Å². The van der Waals surface area contributed by atoms with Crippen molar-refractivity contribution in [1.82, 2.24) is 15.1 Å². The monoisotopic (exact) mass is 279 g/mol. The lowest BCUT2D eigenvalue weighted by atomic mass is 9.91. The van der Waals surface area contributed by atoms with E-state index in [0.717, 1.165) is 44.7 Å². The second kappa shape index (κ2) is 6.02. The zero-order valence-corrected chi connectivity index (χ0v) is 13.0. The van der Waals surface area contributed by atoms with Gasteiger partial charge in [0.05, 0.1) is 6.54 Å². The van der Waals surface area contributed by atoms with Crippen LogP contribution < -0.4 is 5.32 Å². The molecule has 3 fully saturated rings. The normalized spacial score (nSPS) is 38.8. The number of carbonyl (C=O) groups is 1. The smallest absolute Gasteiger partial charge is 0.236 e. The second-order valence-electron chi connectivity index (χ2n) is 7.38. The Morgan fingerprint density at radius 2 is 1.90 bits per heavy atom. The van der Waals surface area contributed by atoms with Crippen molar-refractivity contribution in [1.29, 1.82) is 0 Å². The molecule has 1 N–H and O–H groups in total. The molecule has 0 aromatic rings. The van der Waals surface area contributed by atoms with Gasteiger partial charge in [-0.05, 0) is 43.6 Å². The Bertz CT molecular complexity index is 350. The SMILES string of the molecule is CC1CC(C)CN(C(=O)CN2CCC3NCCC3C2)C1. The zero-order valence-electron chi connectivity index (χ0n) is 13.0. The molecule has 4 heteroatoms. The van der Waals surface area contributed by atoms with Gasteiger partial charge in [0, 0.05) is 32.2 Å². The van der Waals surface area contributed by atoms with E-state index >= 15 is 0 Å². The van der Waals surface area contributed by atoms with Crippen molar-refractivity contribution >= 4 is 5.91 Å². The minimum Gasteiger partial charge on any atom is -0.341 e. The van der Waals surface area contributed by atoms with Gasteiger partial charge in [-0.3, -0.25) is 9.69 Å². The molecule has 0 spiro atoms. The molecule has 114 valence electrons. The third-order valence-corrected chi connectivity index (χ3v) is 5.32. The van der Waals surface area contributed by atoms with E-state index in [2.05, 4.69) is 29.0 Å². The number of carbonyl (C=O) groups excluding carboxylic acids is 1. The number of amides is 1. The van der Waals surface area contributed by atoms with Crippen LogP contribution >= 0.6 is 0 Å². The van der Waals surface area contributed by atoms with Gasteiger partial charge >= 0.3 is 0 Å². The van der Waals surface area contributed by atoms with Crippen molar-refractivity contribution in [3.63, 3.8) is 0 Å². The van der Waals surface area contributed by atoms with Crippen LogP contribution in [-0.2, 0) is 4.79 Å². The number of nitrogens with one attached hydrogen (secondary N) is 1. The van der Waals surface area contributed by atoms with Crippen molar-refractivity contribution in [3.05, 3.63) is 0 Å². The Labute approximate surface area is 122 Å². The third kappa shape index (κ3) is 3.17. The highest BCUT2D eigenvalue weighted by Crippen LogP contribution is 2.25. The largest absolute Gasteiger partial charge is 0.341 e. The van der Waals surface area contributed by atoms with E-state index in [4.69, 9.17) is 0 Å². The summed E-state index contributed by atoms with van der Waals surface area (Å²) in [5.74, 6) is 2.45. The fraction of sp³-hybridized carbons (Fsp3) is 0.938. The number of piperidine rings is 2. The van der Waals surface area contributed by atoms with Crippen molar-refractivity contribution in [2.24, 2.45) is 17.8 Å². The maximum atomic E-state index is 12.5. The molecule has 3 rings (SSSR count). The number of hydrogen-bond acceptors (Lipinski definition) is 3. The van der Waals surface area contributed by atoms with Crippen molar-refractivity contribution in [2.45, 2.75) is 39.2 Å². The van der Waals surface area contributed by atoms with Gasteiger partial charge in [0.15, 0.2) is 0 Å². The molecule has 3 heterocycles. The summed E-state index contributed by atoms with van der Waals surface area (Å²) in [7, 11) is 0. The Kier molecular flexibility index (Phi) is 4.32. The van der Waals surface area contributed by atoms with Crippen LogP contribution in [0.1, 0.15) is 33.1 Å². The second-order valence-corrected chi connectivity index (χ2v) is 7.38. The lowest BCUT2D eigenvalue weighted by molar-refractivity contribution is -0.135. The van der Waals surface area contributed by atoms with E-state index in [1.54, 1.807) is 0 Å². The van der Waals surface area contributed by atoms with E-state index in [-0.39, 0.29) is 0 Å². The lowest BCUT2D eigenvalue weighted by Crippen LogP contribution is -2.50. The molecule has 20 heavy (non-hydrogen) atoms. The summed E-state index contributed by atoms with van der Waals surface area (Å²) >= 11 is 0. The molecule has 1 amide bonds. The summed E-state index contributed by atoms with van der Waals surface area (Å²) in [5, 5.41) is 3.59. The number of rotatable bonds is 2. The summed E-state index contributed by atoms with van der Waals surface area (Å²) in [5.41, 5.74) is 0. The first-order chi connectivity index (χ1) is 9.61. The molecule has 0 aromatic heterocycles. The van der Waals surface area contributed by atoms with E-state index in [1.165, 1.54) is 19.3 Å². The highest BCUT2D eigenvalue weighted by Gasteiger charge is 2.34. The fourth-order valence-corrected chi connectivity index (χ4v) is 4.42. The van der Waals surface area contributed by atoms with E-state index < -0.39 is 0 Å². The Morgan fingerprint density at radius 3 is 2.65 bits per heavy atom. The Balaban J connectivity index is 1.51. The van der Waals surface area contributed by atoms with Crippen LogP contribution in [0.3, 0.4) is 0 Å². The highest BCUT2D eigenvalue weighted by atomic mass is 16.2. The van der Waals surface area contributed by atoms with Crippen LogP contribution in [0.5, 0.6) is 0 Å². The van der Waals surface area contributed by atoms with Crippen molar-refractivity contribution in [3.8, 4) is 0 Å². The van der Waals surface area contributed by atoms with Crippen molar-refractivity contribution < 1.29 is 4.79 Å². The maximum Gasteiger partial charge on any atom is 0.236 e. The predicted molar refractivity (Wildman–Crippen MR) is 80.5 cm³/mol. The number of likely N-dealkylation sites (tertiary alicyclic amines) is 2. The fourth-order valence-electron chi connectivity index (χ4n) is 4.42. The molecule has 0 saturated carbocycles. The Morgan fingerprint density at radius 1 is 1.15 bits per heavy atom. The van der Waals surface area contributed by atoms with Gasteiger partial charge in [-0.1, -0.05) is 13.8 Å². The van der Waals surface area contributed by atoms with Crippen molar-refractivity contribution in [2.75, 3.05) is 39.3 Å². The average Bonchev–Trinajstić information content (AvgIpc) is 2.85. The third-order valence-electron chi connectivity index (χ3n) is 5.32. The van der Waals surface area contributed by atoms with Crippen LogP contribution in [0.2, 0.25) is 0 Å². The van der Waals surface area contributed by atoms with Gasteiger partial charge in [0.1, 0.15) is 0 Å². The summed E-state index contributed by atoms with van der Waals surface area (Å²) in [6.45, 7) is 10.5. The summed E-state index contributed by atoms with van der Waals surface area (Å²) < 4.78 is 0. The first kappa shape index (κ1) is 14.3. The van der Waals surface area contributed by atoms with Crippen LogP contribution in [0.25, 0.3) is 0 Å². The van der Waals surface area contributed by atoms with Gasteiger partial charge in [0.2, 0.25) is 5.91 Å². The number of fused-ring (bicyclic) bond motifs is 1. The average molecular weight is 279 g/mol. The first-order valence-corrected chi connectivity index (χ1v) is 8.35. The summed E-state index contributed by atoms with van der Waals surface area (Å²) in [4.78, 5) is 17.0. The molecular weight excluding hydrogens is 250 g/mol. The van der Waals surface area contributed by atoms with E-state index in [0.29, 0.717) is 24.3 Å². The molecule has 3 aliphatic rings. The van der Waals surface area contributed by atoms with Gasteiger partial charge in [-0.2, -0.15) is 0 Å². The van der Waals surface area contributed by atoms with E-state index in [9.17, 15) is 4.79 Å². The lowest BCUT2D eigenvalue weighted by Gasteiger charge is -2.38. The number of hydrogen-bond donors (Lipinski definition) is 1. The first-order valence-electron chi connectivity index (χ1n) is 8.35. The van der Waals surface area contributed by atoms with Crippen LogP contribution in [0, 0.1) is 17.8 Å². The summed E-state index contributed by atoms with van der Waals surface area (Å²) in [6, 6.07) is 0.719. The minimum atomic E-state index is 0.354. The molecule has 3 saturated heterocycles. The van der Waals surface area contributed by atoms with Gasteiger partial charge in [-0.25, -0.2) is 0 Å². The molecule has 0 aliphatic carbocycles. The molecule has 4 unspecified atom stereocenters.